The molecule has 0 saturated carbocycles. The number of carboxylic acid groups (broad SMARTS) is 4. The van der Waals surface area contributed by atoms with Crippen molar-refractivity contribution in [2.24, 2.45) is 22.9 Å². The van der Waals surface area contributed by atoms with E-state index < -0.39 is 94.6 Å². The maximum absolute atomic E-state index is 10.9. The molecule has 0 aliphatic carbocycles. The first-order valence-corrected chi connectivity index (χ1v) is 26.4. The molecule has 2 aromatic carbocycles. The number of nitrogens with zero attached hydrogens (tertiary/aromatic N) is 2. The first kappa shape index (κ1) is 93.8. The molecular weight excluding hydrogens is 1240 g/mol. The molecule has 38 heteroatoms. The Morgan fingerprint density at radius 1 is 0.461 bits per heavy atom. The predicted octanol–water partition coefficient (Wildman–Crippen LogP) is 5.87. The van der Waals surface area contributed by atoms with Gasteiger partial charge < -0.3 is 103 Å². The molecule has 0 saturated heterocycles. The van der Waals surface area contributed by atoms with E-state index in [1.54, 1.807) is 0 Å². The number of carbonyl (C=O) groups excluding carboxylic acids is 6. The van der Waals surface area contributed by atoms with Gasteiger partial charge in [-0.1, -0.05) is 21.3 Å². The predicted molar refractivity (Wildman–Crippen MR) is 322 cm³/mol. The van der Waals surface area contributed by atoms with Gasteiger partial charge in [0.15, 0.2) is 0 Å². The van der Waals surface area contributed by atoms with Crippen LogP contribution in [-0.2, 0) is 47.6 Å². The fourth-order valence-corrected chi connectivity index (χ4v) is 5.12. The van der Waals surface area contributed by atoms with Gasteiger partial charge in [-0.2, -0.15) is 0 Å². The number of non-ortho nitro benzene ring substituents is 2. The van der Waals surface area contributed by atoms with Crippen LogP contribution < -0.4 is 53.7 Å². The fourth-order valence-electron chi connectivity index (χ4n) is 5.12. The zero-order chi connectivity index (χ0) is 67.7. The van der Waals surface area contributed by atoms with Crippen LogP contribution in [-0.4, -0.2) is 189 Å². The highest BCUT2D eigenvalue weighted by atomic mass is 35.5. The second-order valence-electron chi connectivity index (χ2n) is 16.1. The van der Waals surface area contributed by atoms with Crippen LogP contribution in [0.4, 0.5) is 40.1 Å². The number of ether oxygens (including phenoxy) is 8. The van der Waals surface area contributed by atoms with Crippen molar-refractivity contribution >= 4 is 95.1 Å². The van der Waals surface area contributed by atoms with Crippen LogP contribution in [0.25, 0.3) is 0 Å². The molecule has 4 unspecified atom stereocenters. The molecule has 0 aromatic heterocycles. The number of carboxylic acids is 4. The maximum atomic E-state index is 10.9. The number of alkyl halides is 2. The minimum atomic E-state index is -1.12. The minimum Gasteiger partial charge on any atom is -0.480 e. The quantitative estimate of drug-likeness (QED) is 0.00901. The summed E-state index contributed by atoms with van der Waals surface area (Å²) in [6.07, 6.45) is 3.08. The van der Waals surface area contributed by atoms with Crippen molar-refractivity contribution in [1.82, 2.24) is 21.3 Å². The van der Waals surface area contributed by atoms with Gasteiger partial charge in [0.2, 0.25) is 0 Å². The van der Waals surface area contributed by atoms with E-state index in [9.17, 15) is 68.2 Å². The van der Waals surface area contributed by atoms with Crippen molar-refractivity contribution in [2.45, 2.75) is 116 Å². The number of rotatable bonds is 28. The molecule has 0 fully saturated rings. The molecule has 0 heterocycles. The lowest BCUT2D eigenvalue weighted by Crippen LogP contribution is -2.40. The number of carbonyl (C=O) groups is 10. The highest BCUT2D eigenvalue weighted by molar-refractivity contribution is 6.40. The van der Waals surface area contributed by atoms with E-state index in [0.717, 1.165) is 20.0 Å². The summed E-state index contributed by atoms with van der Waals surface area (Å²) in [4.78, 5) is 125. The number of nitro benzene ring substituents is 2. The Labute approximate surface area is 524 Å². The van der Waals surface area contributed by atoms with Crippen molar-refractivity contribution in [1.29, 1.82) is 0 Å². The van der Waals surface area contributed by atoms with Crippen LogP contribution in [0.5, 0.6) is 11.5 Å². The zero-order valence-electron chi connectivity index (χ0n) is 48.7. The molecule has 0 spiro atoms. The molecule has 0 radical (unpaired) electrons. The third-order valence-electron chi connectivity index (χ3n) is 9.69. The summed E-state index contributed by atoms with van der Waals surface area (Å²) in [5.41, 5.74) is 20.8. The number of nitro groups is 2. The van der Waals surface area contributed by atoms with Gasteiger partial charge in [0.25, 0.3) is 11.4 Å². The van der Waals surface area contributed by atoms with Gasteiger partial charge in [-0.05, 0) is 101 Å². The molecule has 512 valence electrons. The summed E-state index contributed by atoms with van der Waals surface area (Å²) in [7, 11) is 7.34. The van der Waals surface area contributed by atoms with E-state index in [1.165, 1.54) is 84.1 Å². The Bertz CT molecular complexity index is 2180. The summed E-state index contributed by atoms with van der Waals surface area (Å²) >= 11 is 9.53. The zero-order valence-corrected chi connectivity index (χ0v) is 50.2. The van der Waals surface area contributed by atoms with E-state index >= 15 is 0 Å². The van der Waals surface area contributed by atoms with Gasteiger partial charge >= 0.3 is 60.6 Å². The number of nitrogens with one attached hydrogen (secondary N) is 4. The smallest absolute Gasteiger partial charge is 0.480 e. The fraction of sp³-hybridized carbons (Fsp3) is 0.569. The topological polar surface area (TPSA) is 564 Å². The largest absolute Gasteiger partial charge is 0.513 e. The van der Waals surface area contributed by atoms with E-state index in [4.69, 9.17) is 66.6 Å². The van der Waals surface area contributed by atoms with Crippen LogP contribution in [0.2, 0.25) is 0 Å². The first-order valence-electron chi connectivity index (χ1n) is 25.3. The van der Waals surface area contributed by atoms with Gasteiger partial charge in [-0.25, -0.2) is 33.6 Å². The molecule has 16 N–H and O–H groups in total. The number of methoxy groups -OCH3 is 6. The van der Waals surface area contributed by atoms with Gasteiger partial charge in [0, 0.05) is 43.9 Å². The molecule has 36 nitrogen and oxygen atoms in total. The van der Waals surface area contributed by atoms with E-state index in [0.29, 0.717) is 84.0 Å². The van der Waals surface area contributed by atoms with E-state index in [-0.39, 0.29) is 49.5 Å². The number of aliphatic carboxylic acids is 4. The molecule has 0 aliphatic rings. The number of benzene rings is 2. The average molecular weight is 1330 g/mol. The van der Waals surface area contributed by atoms with Gasteiger partial charge in [-0.3, -0.25) is 34.6 Å². The van der Waals surface area contributed by atoms with Crippen molar-refractivity contribution < 1.29 is 116 Å². The molecule has 0 aliphatic heterocycles. The molecular formula is C51H88Cl2N10O26. The van der Waals surface area contributed by atoms with Gasteiger partial charge in [0.1, 0.15) is 35.7 Å². The summed E-state index contributed by atoms with van der Waals surface area (Å²) < 4.78 is 35.1. The van der Waals surface area contributed by atoms with E-state index in [1.807, 2.05) is 0 Å². The maximum Gasteiger partial charge on any atom is 0.513 e. The second-order valence-corrected chi connectivity index (χ2v) is 16.9. The van der Waals surface area contributed by atoms with Crippen LogP contribution >= 0.6 is 23.2 Å². The Morgan fingerprint density at radius 2 is 0.730 bits per heavy atom. The summed E-state index contributed by atoms with van der Waals surface area (Å²) in [5, 5.41) is 64.4. The second kappa shape index (κ2) is 62.2. The van der Waals surface area contributed by atoms with Crippen molar-refractivity contribution in [3.05, 3.63) is 68.8 Å². The van der Waals surface area contributed by atoms with Gasteiger partial charge in [-0.15, -0.1) is 23.2 Å². The third-order valence-corrected chi connectivity index (χ3v) is 9.69. The standard InChI is InChI=1S/C10H18N2O6.2C8H16N2O4.2C8H7NO5.C6H14N2O2.CH2Cl2.2CH4/c1-17-9(15)11-6-4-3-5-7(8(13)14)12-10(16)18-2;2*1-14-8(13)10-5-3-2-4-6(9)7(11)12;2*1-13-8(10)14-7-4-2-6(3-5-7)9(11)12;7-4-2-1-3-5(8)6(9)10;2-1-3;;/h7H,3-6H2,1-2H3,(H,11,15)(H,12,16)(H,13,14);2*6H,2-5,9H2,1H3,(H,10,13)(H,11,12);2*2-5H,1H3;5H,1-4,7-8H2,(H,9,10);1H2;2*1H4. The van der Waals surface area contributed by atoms with Crippen LogP contribution in [0.3, 0.4) is 0 Å². The summed E-state index contributed by atoms with van der Waals surface area (Å²) in [6, 6.07) is 6.87. The Balaban J connectivity index is -0.000000180. The Kier molecular flexibility index (Phi) is 65.6. The average Bonchev–Trinajstić information content (AvgIpc) is 3.54. The molecule has 4 atom stereocenters. The molecule has 2 rings (SSSR count). The number of unbranched alkanes of at least 4 members (excludes halogenated alkanes) is 4. The molecule has 4 amide bonds. The number of alkyl carbamates (subject to hydrolysis) is 4. The third kappa shape index (κ3) is 60.6. The van der Waals surface area contributed by atoms with Crippen molar-refractivity contribution in [3.8, 4) is 11.5 Å². The Hall–Kier alpha value is -8.84. The SMILES string of the molecule is C.C.COC(=O)NCCCCC(N)C(=O)O.COC(=O)NCCCCC(N)C(=O)O.COC(=O)NCCCCC(NC(=O)OC)C(=O)O.COC(=O)Oc1ccc([N+](=O)[O-])cc1.COC(=O)Oc1ccc([N+](=O)[O-])cc1.ClCCl.NCCCCC(N)C(=O)O. The number of nitrogens with two attached hydrogens (primary N) is 4. The number of hydrogen-bond acceptors (Lipinski definition) is 26. The van der Waals surface area contributed by atoms with Crippen LogP contribution in [0.15, 0.2) is 48.5 Å². The molecule has 89 heavy (non-hydrogen) atoms. The number of halogens is 2. The summed E-state index contributed by atoms with van der Waals surface area (Å²) in [5.74, 6) is -3.65. The van der Waals surface area contributed by atoms with E-state index in [2.05, 4.69) is 59.2 Å². The van der Waals surface area contributed by atoms with Crippen LogP contribution in [0, 0.1) is 20.2 Å². The lowest BCUT2D eigenvalue weighted by atomic mass is 10.1. The lowest BCUT2D eigenvalue weighted by molar-refractivity contribution is -0.385. The highest BCUT2D eigenvalue weighted by Crippen LogP contribution is 2.18. The minimum absolute atomic E-state index is 0. The van der Waals surface area contributed by atoms with Gasteiger partial charge in [0.05, 0.1) is 57.8 Å². The monoisotopic (exact) mass is 1330 g/mol. The number of hydrogen-bond donors (Lipinski definition) is 12. The Morgan fingerprint density at radius 3 is 0.955 bits per heavy atom. The summed E-state index contributed by atoms with van der Waals surface area (Å²) in [6.45, 7) is 1.93. The lowest BCUT2D eigenvalue weighted by Gasteiger charge is -2.13. The highest BCUT2D eigenvalue weighted by Gasteiger charge is 2.20. The molecule has 0 bridgehead atoms. The number of amides is 4. The molecule has 2 aromatic rings. The van der Waals surface area contributed by atoms with Crippen molar-refractivity contribution in [3.63, 3.8) is 0 Å². The first-order chi connectivity index (χ1) is 41.0. The normalized spacial score (nSPS) is 10.6. The van der Waals surface area contributed by atoms with Crippen LogP contribution in [0.1, 0.15) is 91.9 Å². The van der Waals surface area contributed by atoms with Crippen molar-refractivity contribution in [2.75, 3.05) is 74.2 Å².